The molecule has 0 amide bonds. The molecule has 142 valence electrons. The van der Waals surface area contributed by atoms with Crippen LogP contribution in [0.2, 0.25) is 0 Å². The third kappa shape index (κ3) is 4.37. The van der Waals surface area contributed by atoms with Crippen LogP contribution in [0.3, 0.4) is 0 Å². The van der Waals surface area contributed by atoms with Gasteiger partial charge in [0.1, 0.15) is 6.10 Å². The van der Waals surface area contributed by atoms with Crippen LogP contribution in [0.1, 0.15) is 41.5 Å². The molecule has 3 rings (SSSR count). The molecule has 0 N–H and O–H groups in total. The van der Waals surface area contributed by atoms with E-state index in [1.54, 1.807) is 48.5 Å². The van der Waals surface area contributed by atoms with Crippen molar-refractivity contribution in [3.63, 3.8) is 0 Å². The Labute approximate surface area is 159 Å². The lowest BCUT2D eigenvalue weighted by Crippen LogP contribution is -2.51. The number of esters is 2. The molecule has 2 aromatic carbocycles. The first kappa shape index (κ1) is 19.1. The van der Waals surface area contributed by atoms with Crippen LogP contribution in [-0.2, 0) is 14.2 Å². The SMILES string of the molecule is C[C@H]1[C@@H](OC(=O)c2ccccc2)[C@H](C)C(OC(=O)c2ccccc2)O[C@H]1C. The summed E-state index contributed by atoms with van der Waals surface area (Å²) in [7, 11) is 0. The summed E-state index contributed by atoms with van der Waals surface area (Å²) in [5, 5.41) is 0. The molecule has 5 heteroatoms. The zero-order chi connectivity index (χ0) is 19.4. The van der Waals surface area contributed by atoms with Gasteiger partial charge in [0, 0.05) is 5.92 Å². The molecule has 0 bridgehead atoms. The molecular formula is C22H24O5. The predicted molar refractivity (Wildman–Crippen MR) is 100 cm³/mol. The summed E-state index contributed by atoms with van der Waals surface area (Å²) >= 11 is 0. The van der Waals surface area contributed by atoms with Crippen LogP contribution in [0.5, 0.6) is 0 Å². The number of hydrogen-bond acceptors (Lipinski definition) is 5. The summed E-state index contributed by atoms with van der Waals surface area (Å²) in [5.41, 5.74) is 0.950. The fourth-order valence-corrected chi connectivity index (χ4v) is 3.22. The van der Waals surface area contributed by atoms with E-state index in [0.717, 1.165) is 0 Å². The maximum absolute atomic E-state index is 12.5. The first-order valence-electron chi connectivity index (χ1n) is 9.15. The van der Waals surface area contributed by atoms with Crippen LogP contribution in [0.4, 0.5) is 0 Å². The van der Waals surface area contributed by atoms with Gasteiger partial charge in [0.15, 0.2) is 0 Å². The minimum atomic E-state index is -0.780. The third-order valence-corrected chi connectivity index (χ3v) is 5.04. The van der Waals surface area contributed by atoms with Crippen molar-refractivity contribution >= 4 is 11.9 Å². The summed E-state index contributed by atoms with van der Waals surface area (Å²) < 4.78 is 17.2. The highest BCUT2D eigenvalue weighted by molar-refractivity contribution is 5.90. The Hall–Kier alpha value is -2.66. The topological polar surface area (TPSA) is 61.8 Å². The van der Waals surface area contributed by atoms with E-state index in [9.17, 15) is 9.59 Å². The second-order valence-corrected chi connectivity index (χ2v) is 6.94. The molecule has 2 aromatic rings. The minimum Gasteiger partial charge on any atom is -0.458 e. The average molecular weight is 368 g/mol. The molecule has 5 nitrogen and oxygen atoms in total. The Morgan fingerprint density at radius 3 is 1.74 bits per heavy atom. The molecule has 0 saturated carbocycles. The lowest BCUT2D eigenvalue weighted by Gasteiger charge is -2.42. The molecular weight excluding hydrogens is 344 g/mol. The third-order valence-electron chi connectivity index (χ3n) is 5.04. The van der Waals surface area contributed by atoms with Gasteiger partial charge in [-0.1, -0.05) is 50.2 Å². The standard InChI is InChI=1S/C22H24O5/c1-14-16(3)25-22(27-21(24)18-12-8-5-9-13-18)15(2)19(14)26-20(23)17-10-6-4-7-11-17/h4-16,19,22H,1-3H3/t14-,15+,16+,19-,22?/m1/s1. The van der Waals surface area contributed by atoms with Crippen molar-refractivity contribution in [2.75, 3.05) is 0 Å². The van der Waals surface area contributed by atoms with Gasteiger partial charge in [-0.25, -0.2) is 9.59 Å². The largest absolute Gasteiger partial charge is 0.458 e. The first-order valence-corrected chi connectivity index (χ1v) is 9.15. The van der Waals surface area contributed by atoms with Crippen molar-refractivity contribution in [1.82, 2.24) is 0 Å². The van der Waals surface area contributed by atoms with Crippen LogP contribution in [0.25, 0.3) is 0 Å². The van der Waals surface area contributed by atoms with Gasteiger partial charge in [0.2, 0.25) is 6.29 Å². The van der Waals surface area contributed by atoms with Gasteiger partial charge in [-0.3, -0.25) is 0 Å². The molecule has 1 fully saturated rings. The lowest BCUT2D eigenvalue weighted by molar-refractivity contribution is -0.235. The van der Waals surface area contributed by atoms with Gasteiger partial charge in [-0.15, -0.1) is 0 Å². The highest BCUT2D eigenvalue weighted by atomic mass is 16.7. The molecule has 1 aliphatic rings. The summed E-state index contributed by atoms with van der Waals surface area (Å²) in [6, 6.07) is 17.6. The Balaban J connectivity index is 1.72. The van der Waals surface area contributed by atoms with E-state index in [1.807, 2.05) is 32.9 Å². The van der Waals surface area contributed by atoms with Gasteiger partial charge >= 0.3 is 11.9 Å². The van der Waals surface area contributed by atoms with E-state index in [2.05, 4.69) is 0 Å². The molecule has 0 spiro atoms. The number of hydrogen-bond donors (Lipinski definition) is 0. The molecule has 27 heavy (non-hydrogen) atoms. The highest BCUT2D eigenvalue weighted by Gasteiger charge is 2.44. The lowest BCUT2D eigenvalue weighted by atomic mass is 9.86. The fraction of sp³-hybridized carbons (Fsp3) is 0.364. The van der Waals surface area contributed by atoms with E-state index < -0.39 is 18.4 Å². The first-order chi connectivity index (χ1) is 13.0. The average Bonchev–Trinajstić information content (AvgIpc) is 2.70. The van der Waals surface area contributed by atoms with Gasteiger partial charge in [0.25, 0.3) is 0 Å². The molecule has 0 aliphatic carbocycles. The van der Waals surface area contributed by atoms with Crippen molar-refractivity contribution in [3.8, 4) is 0 Å². The van der Waals surface area contributed by atoms with E-state index in [1.165, 1.54) is 0 Å². The van der Waals surface area contributed by atoms with Crippen molar-refractivity contribution in [2.45, 2.75) is 39.3 Å². The summed E-state index contributed by atoms with van der Waals surface area (Å²) in [6.45, 7) is 5.73. The fourth-order valence-electron chi connectivity index (χ4n) is 3.22. The van der Waals surface area contributed by atoms with E-state index in [0.29, 0.717) is 11.1 Å². The summed E-state index contributed by atoms with van der Waals surface area (Å²) in [4.78, 5) is 24.9. The molecule has 1 unspecified atom stereocenters. The quantitative estimate of drug-likeness (QED) is 0.761. The molecule has 5 atom stereocenters. The Bertz CT molecular complexity index is 774. The second kappa shape index (κ2) is 8.35. The number of rotatable bonds is 4. The Kier molecular flexibility index (Phi) is 5.91. The van der Waals surface area contributed by atoms with E-state index >= 15 is 0 Å². The molecule has 1 saturated heterocycles. The van der Waals surface area contributed by atoms with Crippen LogP contribution >= 0.6 is 0 Å². The molecule has 0 aromatic heterocycles. The molecule has 1 aliphatic heterocycles. The van der Waals surface area contributed by atoms with E-state index in [4.69, 9.17) is 14.2 Å². The highest BCUT2D eigenvalue weighted by Crippen LogP contribution is 2.33. The Morgan fingerprint density at radius 1 is 0.741 bits per heavy atom. The number of benzene rings is 2. The second-order valence-electron chi connectivity index (χ2n) is 6.94. The maximum atomic E-state index is 12.5. The van der Waals surface area contributed by atoms with Gasteiger partial charge < -0.3 is 14.2 Å². The molecule has 0 radical (unpaired) electrons. The maximum Gasteiger partial charge on any atom is 0.340 e. The van der Waals surface area contributed by atoms with Gasteiger partial charge in [-0.2, -0.15) is 0 Å². The normalized spacial score (nSPS) is 27.6. The summed E-state index contributed by atoms with van der Waals surface area (Å²) in [5.74, 6) is -1.17. The monoisotopic (exact) mass is 368 g/mol. The van der Waals surface area contributed by atoms with Gasteiger partial charge in [0.05, 0.1) is 23.1 Å². The van der Waals surface area contributed by atoms with Crippen molar-refractivity contribution in [2.24, 2.45) is 11.8 Å². The van der Waals surface area contributed by atoms with Crippen LogP contribution in [0.15, 0.2) is 60.7 Å². The smallest absolute Gasteiger partial charge is 0.340 e. The summed E-state index contributed by atoms with van der Waals surface area (Å²) in [6.07, 6.45) is -1.42. The van der Waals surface area contributed by atoms with Crippen molar-refractivity contribution in [1.29, 1.82) is 0 Å². The van der Waals surface area contributed by atoms with Crippen molar-refractivity contribution in [3.05, 3.63) is 71.8 Å². The van der Waals surface area contributed by atoms with E-state index in [-0.39, 0.29) is 23.9 Å². The predicted octanol–water partition coefficient (Wildman–Crippen LogP) is 4.09. The Morgan fingerprint density at radius 2 is 1.22 bits per heavy atom. The molecule has 1 heterocycles. The van der Waals surface area contributed by atoms with Crippen LogP contribution < -0.4 is 0 Å². The number of carbonyl (C=O) groups excluding carboxylic acids is 2. The zero-order valence-electron chi connectivity index (χ0n) is 15.7. The van der Waals surface area contributed by atoms with Crippen LogP contribution in [-0.4, -0.2) is 30.4 Å². The zero-order valence-corrected chi connectivity index (χ0v) is 15.7. The minimum absolute atomic E-state index is 0.0284. The number of carbonyl (C=O) groups is 2. The van der Waals surface area contributed by atoms with Crippen molar-refractivity contribution < 1.29 is 23.8 Å². The van der Waals surface area contributed by atoms with Crippen LogP contribution in [0, 0.1) is 11.8 Å². The van der Waals surface area contributed by atoms with Gasteiger partial charge in [-0.05, 0) is 31.2 Å². The number of ether oxygens (including phenoxy) is 3.